The van der Waals surface area contributed by atoms with Crippen molar-refractivity contribution in [2.75, 3.05) is 31.1 Å². The summed E-state index contributed by atoms with van der Waals surface area (Å²) < 4.78 is 32.4. The molecule has 1 saturated heterocycles. The Balaban J connectivity index is 1.32. The first-order chi connectivity index (χ1) is 14.0. The number of rotatable bonds is 4. The monoisotopic (exact) mass is 449 g/mol. The van der Waals surface area contributed by atoms with Gasteiger partial charge in [-0.25, -0.2) is 13.2 Å². The Hall–Kier alpha value is -2.54. The average molecular weight is 450 g/mol. The van der Waals surface area contributed by atoms with E-state index in [1.165, 1.54) is 33.8 Å². The van der Waals surface area contributed by atoms with Crippen molar-refractivity contribution in [2.45, 2.75) is 4.90 Å². The fourth-order valence-corrected chi connectivity index (χ4v) is 6.32. The van der Waals surface area contributed by atoms with Gasteiger partial charge in [0, 0.05) is 32.2 Å². The molecule has 1 fully saturated rings. The molecule has 12 heteroatoms. The number of fused-ring (bicyclic) bond motifs is 1. The molecular formula is C17H15N5O4S3. The molecule has 0 spiro atoms. The third-order valence-electron chi connectivity index (χ3n) is 4.69. The van der Waals surface area contributed by atoms with Gasteiger partial charge in [0.25, 0.3) is 0 Å². The maximum Gasteiger partial charge on any atom is 0.417 e. The third-order valence-corrected chi connectivity index (χ3v) is 8.60. The Labute approximate surface area is 173 Å². The van der Waals surface area contributed by atoms with Crippen LogP contribution in [0.2, 0.25) is 0 Å². The summed E-state index contributed by atoms with van der Waals surface area (Å²) in [6.45, 7) is 1.73. The SMILES string of the molecule is O=c1[nH]c2ccc(S(=O)(=O)N3CCN(c4nnc(-c5cccs5)s4)CC3)cc2o1. The highest BCUT2D eigenvalue weighted by molar-refractivity contribution is 7.89. The molecule has 150 valence electrons. The number of sulfonamides is 1. The molecule has 0 unspecified atom stereocenters. The van der Waals surface area contributed by atoms with E-state index < -0.39 is 15.8 Å². The predicted molar refractivity (Wildman–Crippen MR) is 111 cm³/mol. The zero-order chi connectivity index (χ0) is 20.0. The number of hydrogen-bond acceptors (Lipinski definition) is 9. The second-order valence-corrected chi connectivity index (χ2v) is 10.3. The van der Waals surface area contributed by atoms with E-state index in [2.05, 4.69) is 20.1 Å². The third kappa shape index (κ3) is 3.37. The van der Waals surface area contributed by atoms with E-state index in [1.807, 2.05) is 17.5 Å². The fraction of sp³-hybridized carbons (Fsp3) is 0.235. The Kier molecular flexibility index (Phi) is 4.50. The van der Waals surface area contributed by atoms with Crippen LogP contribution in [0.3, 0.4) is 0 Å². The van der Waals surface area contributed by atoms with Gasteiger partial charge in [0.05, 0.1) is 15.3 Å². The topological polar surface area (TPSA) is 112 Å². The Bertz CT molecular complexity index is 1310. The van der Waals surface area contributed by atoms with Crippen LogP contribution in [0, 0.1) is 0 Å². The summed E-state index contributed by atoms with van der Waals surface area (Å²) in [4.78, 5) is 17.0. The van der Waals surface area contributed by atoms with Crippen LogP contribution in [0.5, 0.6) is 0 Å². The number of anilines is 1. The quantitative estimate of drug-likeness (QED) is 0.508. The summed E-state index contributed by atoms with van der Waals surface area (Å²) in [5.74, 6) is -0.609. The van der Waals surface area contributed by atoms with Gasteiger partial charge in [-0.3, -0.25) is 4.98 Å². The van der Waals surface area contributed by atoms with Crippen molar-refractivity contribution in [1.82, 2.24) is 19.5 Å². The smallest absolute Gasteiger partial charge is 0.408 e. The average Bonchev–Trinajstić information content (AvgIpc) is 3.46. The summed E-state index contributed by atoms with van der Waals surface area (Å²) in [5.41, 5.74) is 0.696. The number of oxazole rings is 1. The molecule has 5 rings (SSSR count). The lowest BCUT2D eigenvalue weighted by Crippen LogP contribution is -2.48. The molecule has 0 saturated carbocycles. The van der Waals surface area contributed by atoms with E-state index in [0.29, 0.717) is 31.7 Å². The predicted octanol–water partition coefficient (Wildman–Crippen LogP) is 2.21. The minimum atomic E-state index is -3.68. The zero-order valence-electron chi connectivity index (χ0n) is 14.9. The Morgan fingerprint density at radius 3 is 2.69 bits per heavy atom. The van der Waals surface area contributed by atoms with E-state index in [0.717, 1.165) is 15.0 Å². The van der Waals surface area contributed by atoms with Gasteiger partial charge in [-0.05, 0) is 23.6 Å². The summed E-state index contributed by atoms with van der Waals surface area (Å²) in [6.07, 6.45) is 0. The molecule has 4 aromatic rings. The van der Waals surface area contributed by atoms with Gasteiger partial charge in [-0.1, -0.05) is 17.4 Å². The van der Waals surface area contributed by atoms with Crippen LogP contribution in [-0.2, 0) is 10.0 Å². The van der Waals surface area contributed by atoms with Gasteiger partial charge in [0.1, 0.15) is 0 Å². The molecule has 0 radical (unpaired) electrons. The van der Waals surface area contributed by atoms with Crippen molar-refractivity contribution in [2.24, 2.45) is 0 Å². The van der Waals surface area contributed by atoms with Gasteiger partial charge in [0.15, 0.2) is 10.6 Å². The van der Waals surface area contributed by atoms with Crippen LogP contribution in [0.15, 0.2) is 49.8 Å². The normalized spacial score (nSPS) is 15.9. The highest BCUT2D eigenvalue weighted by Gasteiger charge is 2.30. The molecule has 0 bridgehead atoms. The number of hydrogen-bond donors (Lipinski definition) is 1. The van der Waals surface area contributed by atoms with E-state index in [1.54, 1.807) is 11.3 Å². The van der Waals surface area contributed by atoms with Crippen molar-refractivity contribution >= 4 is 48.9 Å². The number of aromatic nitrogens is 3. The molecule has 9 nitrogen and oxygen atoms in total. The molecule has 0 atom stereocenters. The number of thiophene rings is 1. The van der Waals surface area contributed by atoms with Crippen LogP contribution in [0.4, 0.5) is 5.13 Å². The number of H-pyrrole nitrogens is 1. The standard InChI is InChI=1S/C17H15N5O4S3/c23-17-18-12-4-3-11(10-13(12)26-17)29(24,25)22-7-5-21(6-8-22)16-20-19-15(28-16)14-2-1-9-27-14/h1-4,9-10H,5-8H2,(H,18,23). The lowest BCUT2D eigenvalue weighted by molar-refractivity contribution is 0.384. The molecule has 1 aliphatic heterocycles. The highest BCUT2D eigenvalue weighted by Crippen LogP contribution is 2.32. The highest BCUT2D eigenvalue weighted by atomic mass is 32.2. The van der Waals surface area contributed by atoms with Crippen molar-refractivity contribution in [3.05, 3.63) is 46.3 Å². The Morgan fingerprint density at radius 2 is 1.93 bits per heavy atom. The number of aromatic amines is 1. The lowest BCUT2D eigenvalue weighted by atomic mass is 10.3. The molecular weight excluding hydrogens is 434 g/mol. The molecule has 4 heterocycles. The second-order valence-electron chi connectivity index (χ2n) is 6.43. The van der Waals surface area contributed by atoms with Gasteiger partial charge < -0.3 is 9.32 Å². The zero-order valence-corrected chi connectivity index (χ0v) is 17.4. The molecule has 0 amide bonds. The van der Waals surface area contributed by atoms with E-state index in [9.17, 15) is 13.2 Å². The first kappa shape index (κ1) is 18.5. The molecule has 29 heavy (non-hydrogen) atoms. The minimum Gasteiger partial charge on any atom is -0.408 e. The lowest BCUT2D eigenvalue weighted by Gasteiger charge is -2.33. The molecule has 1 aliphatic rings. The van der Waals surface area contributed by atoms with Crippen molar-refractivity contribution < 1.29 is 12.8 Å². The maximum atomic E-state index is 13.0. The number of piperazine rings is 1. The molecule has 0 aliphatic carbocycles. The van der Waals surface area contributed by atoms with Crippen LogP contribution in [-0.4, -0.2) is 54.1 Å². The fourth-order valence-electron chi connectivity index (χ4n) is 3.20. The van der Waals surface area contributed by atoms with Crippen LogP contribution < -0.4 is 10.7 Å². The van der Waals surface area contributed by atoms with Gasteiger partial charge in [0.2, 0.25) is 15.2 Å². The van der Waals surface area contributed by atoms with Gasteiger partial charge >= 0.3 is 5.76 Å². The first-order valence-corrected chi connectivity index (χ1v) is 11.9. The van der Waals surface area contributed by atoms with E-state index in [4.69, 9.17) is 4.42 Å². The number of nitrogens with zero attached hydrogens (tertiary/aromatic N) is 4. The van der Waals surface area contributed by atoms with Gasteiger partial charge in [-0.15, -0.1) is 21.5 Å². The van der Waals surface area contributed by atoms with E-state index in [-0.39, 0.29) is 10.5 Å². The van der Waals surface area contributed by atoms with E-state index >= 15 is 0 Å². The summed E-state index contributed by atoms with van der Waals surface area (Å²) >= 11 is 3.12. The van der Waals surface area contributed by atoms with Gasteiger partial charge in [-0.2, -0.15) is 4.31 Å². The summed E-state index contributed by atoms with van der Waals surface area (Å²) in [5, 5.41) is 12.2. The van der Waals surface area contributed by atoms with Crippen LogP contribution in [0.1, 0.15) is 0 Å². The minimum absolute atomic E-state index is 0.108. The van der Waals surface area contributed by atoms with Crippen molar-refractivity contribution in [3.63, 3.8) is 0 Å². The maximum absolute atomic E-state index is 13.0. The molecule has 3 aromatic heterocycles. The molecule has 1 aromatic carbocycles. The number of benzene rings is 1. The Morgan fingerprint density at radius 1 is 1.10 bits per heavy atom. The summed E-state index contributed by atoms with van der Waals surface area (Å²) in [6, 6.07) is 8.38. The first-order valence-electron chi connectivity index (χ1n) is 8.76. The number of nitrogens with one attached hydrogen (secondary N) is 1. The summed E-state index contributed by atoms with van der Waals surface area (Å²) in [7, 11) is -3.68. The van der Waals surface area contributed by atoms with Crippen LogP contribution in [0.25, 0.3) is 21.0 Å². The van der Waals surface area contributed by atoms with Crippen LogP contribution >= 0.6 is 22.7 Å². The second kappa shape index (κ2) is 7.06. The largest absolute Gasteiger partial charge is 0.417 e. The molecule has 1 N–H and O–H groups in total. The van der Waals surface area contributed by atoms with Crippen molar-refractivity contribution in [3.8, 4) is 9.88 Å². The van der Waals surface area contributed by atoms with Crippen molar-refractivity contribution in [1.29, 1.82) is 0 Å².